The van der Waals surface area contributed by atoms with Crippen LogP contribution in [0.5, 0.6) is 0 Å². The minimum atomic E-state index is -4.48. The summed E-state index contributed by atoms with van der Waals surface area (Å²) >= 11 is 0. The molecule has 0 radical (unpaired) electrons. The summed E-state index contributed by atoms with van der Waals surface area (Å²) < 4.78 is 63.6. The van der Waals surface area contributed by atoms with E-state index in [0.717, 1.165) is 24.3 Å². The summed E-state index contributed by atoms with van der Waals surface area (Å²) in [4.78, 5) is -0.128. The minimum absolute atomic E-state index is 0.128. The van der Waals surface area contributed by atoms with Gasteiger partial charge in [-0.2, -0.15) is 17.5 Å². The van der Waals surface area contributed by atoms with Gasteiger partial charge in [0.2, 0.25) is 10.0 Å². The van der Waals surface area contributed by atoms with Gasteiger partial charge in [-0.25, -0.2) is 8.42 Å². The first-order valence-corrected chi connectivity index (χ1v) is 7.90. The van der Waals surface area contributed by atoms with E-state index >= 15 is 0 Å². The Kier molecular flexibility index (Phi) is 4.07. The highest BCUT2D eigenvalue weighted by molar-refractivity contribution is 7.89. The van der Waals surface area contributed by atoms with Gasteiger partial charge in [0.15, 0.2) is 0 Å². The summed E-state index contributed by atoms with van der Waals surface area (Å²) in [7, 11) is -3.77. The van der Waals surface area contributed by atoms with E-state index in [0.29, 0.717) is 19.5 Å². The van der Waals surface area contributed by atoms with Crippen LogP contribution < -0.4 is 5.73 Å². The van der Waals surface area contributed by atoms with Crippen LogP contribution >= 0.6 is 0 Å². The average Bonchev–Trinajstić information content (AvgIpc) is 2.82. The van der Waals surface area contributed by atoms with Crippen LogP contribution in [0, 0.1) is 5.41 Å². The lowest BCUT2D eigenvalue weighted by atomic mass is 9.90. The number of sulfonamides is 1. The molecule has 4 nitrogen and oxygen atoms in total. The first kappa shape index (κ1) is 16.3. The van der Waals surface area contributed by atoms with Crippen molar-refractivity contribution in [3.63, 3.8) is 0 Å². The Hall–Kier alpha value is -1.12. The molecule has 118 valence electrons. The van der Waals surface area contributed by atoms with Crippen molar-refractivity contribution in [2.75, 3.05) is 19.6 Å². The van der Waals surface area contributed by atoms with Crippen LogP contribution in [0.2, 0.25) is 0 Å². The largest absolute Gasteiger partial charge is 0.416 e. The van der Waals surface area contributed by atoms with Crippen molar-refractivity contribution in [1.29, 1.82) is 0 Å². The number of nitrogens with zero attached hydrogens (tertiary/aromatic N) is 1. The Bertz CT molecular complexity index is 613. The summed E-state index contributed by atoms with van der Waals surface area (Å²) in [6, 6.07) is 3.56. The molecule has 1 saturated heterocycles. The fraction of sp³-hybridized carbons (Fsp3) is 0.538. The topological polar surface area (TPSA) is 63.4 Å². The van der Waals surface area contributed by atoms with E-state index in [-0.39, 0.29) is 16.9 Å². The van der Waals surface area contributed by atoms with Crippen LogP contribution in [0.15, 0.2) is 29.2 Å². The van der Waals surface area contributed by atoms with Gasteiger partial charge in [-0.15, -0.1) is 0 Å². The van der Waals surface area contributed by atoms with Crippen molar-refractivity contribution in [3.05, 3.63) is 29.8 Å². The highest BCUT2D eigenvalue weighted by atomic mass is 32.2. The van der Waals surface area contributed by atoms with E-state index in [1.54, 1.807) is 0 Å². The molecular formula is C13H17F3N2O2S. The second kappa shape index (κ2) is 5.26. The van der Waals surface area contributed by atoms with Gasteiger partial charge in [-0.1, -0.05) is 6.92 Å². The number of halogens is 3. The van der Waals surface area contributed by atoms with Crippen LogP contribution in [0.1, 0.15) is 18.9 Å². The smallest absolute Gasteiger partial charge is 0.330 e. The summed E-state index contributed by atoms with van der Waals surface area (Å²) in [5.41, 5.74) is 4.49. The lowest BCUT2D eigenvalue weighted by molar-refractivity contribution is -0.137. The van der Waals surface area contributed by atoms with Crippen molar-refractivity contribution in [2.45, 2.75) is 24.4 Å². The number of nitrogens with two attached hydrogens (primary N) is 1. The van der Waals surface area contributed by atoms with Crippen LogP contribution in [0.25, 0.3) is 0 Å². The molecule has 1 unspecified atom stereocenters. The first-order chi connectivity index (χ1) is 9.58. The zero-order chi connectivity index (χ0) is 15.9. The fourth-order valence-corrected chi connectivity index (χ4v) is 3.91. The van der Waals surface area contributed by atoms with E-state index in [9.17, 15) is 21.6 Å². The van der Waals surface area contributed by atoms with Crippen molar-refractivity contribution in [1.82, 2.24) is 4.31 Å². The molecule has 0 amide bonds. The SMILES string of the molecule is CC1(CN)CCN(S(=O)(=O)c2ccc(C(F)(F)F)cc2)C1. The maximum atomic E-state index is 12.5. The number of alkyl halides is 3. The number of hydrogen-bond acceptors (Lipinski definition) is 3. The van der Waals surface area contributed by atoms with Crippen molar-refractivity contribution in [3.8, 4) is 0 Å². The van der Waals surface area contributed by atoms with E-state index < -0.39 is 21.8 Å². The minimum Gasteiger partial charge on any atom is -0.330 e. The standard InChI is InChI=1S/C13H17F3N2O2S/c1-12(8-17)6-7-18(9-12)21(19,20)11-4-2-10(3-5-11)13(14,15)16/h2-5H,6-9,17H2,1H3. The Labute approximate surface area is 121 Å². The normalized spacial score (nSPS) is 24.4. The number of hydrogen-bond donors (Lipinski definition) is 1. The molecule has 0 saturated carbocycles. The third-order valence-electron chi connectivity index (χ3n) is 3.84. The lowest BCUT2D eigenvalue weighted by Gasteiger charge is -2.22. The van der Waals surface area contributed by atoms with Gasteiger partial charge in [-0.05, 0) is 42.6 Å². The van der Waals surface area contributed by atoms with E-state index in [1.165, 1.54) is 4.31 Å². The molecule has 0 aromatic heterocycles. The molecule has 2 N–H and O–H groups in total. The maximum absolute atomic E-state index is 12.5. The third kappa shape index (κ3) is 3.22. The van der Waals surface area contributed by atoms with E-state index in [2.05, 4.69) is 0 Å². The highest BCUT2D eigenvalue weighted by Gasteiger charge is 2.39. The van der Waals surface area contributed by atoms with Crippen molar-refractivity contribution >= 4 is 10.0 Å². The molecule has 1 aliphatic heterocycles. The molecule has 8 heteroatoms. The second-order valence-corrected chi connectivity index (χ2v) is 7.56. The molecule has 2 rings (SSSR count). The van der Waals surface area contributed by atoms with Crippen molar-refractivity contribution in [2.24, 2.45) is 11.1 Å². The van der Waals surface area contributed by atoms with Gasteiger partial charge in [0.05, 0.1) is 10.5 Å². The predicted octanol–water partition coefficient (Wildman–Crippen LogP) is 2.06. The summed E-state index contributed by atoms with van der Waals surface area (Å²) in [6.45, 7) is 2.88. The fourth-order valence-electron chi connectivity index (χ4n) is 2.32. The maximum Gasteiger partial charge on any atom is 0.416 e. The third-order valence-corrected chi connectivity index (χ3v) is 5.69. The summed E-state index contributed by atoms with van der Waals surface area (Å²) in [5.74, 6) is 0. The lowest BCUT2D eigenvalue weighted by Crippen LogP contribution is -2.34. The average molecular weight is 322 g/mol. The molecule has 1 heterocycles. The van der Waals surface area contributed by atoms with Gasteiger partial charge in [-0.3, -0.25) is 0 Å². The van der Waals surface area contributed by atoms with E-state index in [4.69, 9.17) is 5.73 Å². The molecule has 1 aromatic rings. The zero-order valence-corrected chi connectivity index (χ0v) is 12.3. The summed E-state index contributed by atoms with van der Waals surface area (Å²) in [5, 5.41) is 0. The molecular weight excluding hydrogens is 305 g/mol. The first-order valence-electron chi connectivity index (χ1n) is 6.46. The predicted molar refractivity (Wildman–Crippen MR) is 72.0 cm³/mol. The molecule has 1 aromatic carbocycles. The quantitative estimate of drug-likeness (QED) is 0.926. The van der Waals surface area contributed by atoms with Gasteiger partial charge in [0, 0.05) is 13.1 Å². The molecule has 21 heavy (non-hydrogen) atoms. The second-order valence-electron chi connectivity index (χ2n) is 5.63. The Morgan fingerprint density at radius 1 is 1.29 bits per heavy atom. The van der Waals surface area contributed by atoms with Gasteiger partial charge in [0.25, 0.3) is 0 Å². The van der Waals surface area contributed by atoms with Crippen LogP contribution in [-0.4, -0.2) is 32.4 Å². The van der Waals surface area contributed by atoms with E-state index in [1.807, 2.05) is 6.92 Å². The number of benzene rings is 1. The molecule has 1 fully saturated rings. The zero-order valence-electron chi connectivity index (χ0n) is 11.5. The highest BCUT2D eigenvalue weighted by Crippen LogP contribution is 2.34. The van der Waals surface area contributed by atoms with Crippen LogP contribution in [0.3, 0.4) is 0 Å². The van der Waals surface area contributed by atoms with Gasteiger partial charge < -0.3 is 5.73 Å². The monoisotopic (exact) mass is 322 g/mol. The Morgan fingerprint density at radius 2 is 1.86 bits per heavy atom. The Balaban J connectivity index is 2.25. The molecule has 0 bridgehead atoms. The molecule has 0 spiro atoms. The summed E-state index contributed by atoms with van der Waals surface area (Å²) in [6.07, 6.45) is -3.84. The number of rotatable bonds is 3. The van der Waals surface area contributed by atoms with Gasteiger partial charge >= 0.3 is 6.18 Å². The Morgan fingerprint density at radius 3 is 2.29 bits per heavy atom. The van der Waals surface area contributed by atoms with Crippen LogP contribution in [0.4, 0.5) is 13.2 Å². The molecule has 0 aliphatic carbocycles. The van der Waals surface area contributed by atoms with Gasteiger partial charge in [0.1, 0.15) is 0 Å². The van der Waals surface area contributed by atoms with Crippen LogP contribution in [-0.2, 0) is 16.2 Å². The van der Waals surface area contributed by atoms with Crippen molar-refractivity contribution < 1.29 is 21.6 Å². The molecule has 1 aliphatic rings. The molecule has 1 atom stereocenters.